The molecule has 1 aliphatic rings. The fraction of sp³-hybridized carbons (Fsp3) is 0.308. The maximum atomic E-state index is 10.7. The van der Waals surface area contributed by atoms with Crippen LogP contribution in [0.2, 0.25) is 0 Å². The van der Waals surface area contributed by atoms with Crippen molar-refractivity contribution in [3.05, 3.63) is 29.8 Å². The molecule has 2 rings (SSSR count). The molecule has 0 spiro atoms. The molecule has 0 aromatic heterocycles. The predicted octanol–water partition coefficient (Wildman–Crippen LogP) is 2.75. The molecule has 0 aliphatic carbocycles. The van der Waals surface area contributed by atoms with Crippen molar-refractivity contribution in [1.29, 1.82) is 0 Å². The Kier molecular flexibility index (Phi) is 2.58. The number of ether oxygens (including phenoxy) is 1. The summed E-state index contributed by atoms with van der Waals surface area (Å²) in [5.41, 5.74) is 8.14. The minimum absolute atomic E-state index is 0.0663. The van der Waals surface area contributed by atoms with E-state index in [1.165, 1.54) is 0 Å². The van der Waals surface area contributed by atoms with Crippen molar-refractivity contribution in [3.8, 4) is 5.75 Å². The van der Waals surface area contributed by atoms with E-state index >= 15 is 0 Å². The summed E-state index contributed by atoms with van der Waals surface area (Å²) in [6, 6.07) is 5.44. The average molecular weight is 232 g/mol. The van der Waals surface area contributed by atoms with Crippen LogP contribution in [0.3, 0.4) is 0 Å². The Bertz CT molecular complexity index is 504. The summed E-state index contributed by atoms with van der Waals surface area (Å²) in [4.78, 5) is 10.7. The van der Waals surface area contributed by atoms with Crippen molar-refractivity contribution < 1.29 is 9.53 Å². The highest BCUT2D eigenvalue weighted by Crippen LogP contribution is 2.35. The molecular weight excluding hydrogens is 216 g/mol. The molecule has 0 radical (unpaired) electrons. The first-order valence-electron chi connectivity index (χ1n) is 5.47. The number of carbonyl (C=O) groups is 1. The van der Waals surface area contributed by atoms with Crippen LogP contribution in [-0.2, 0) is 0 Å². The summed E-state index contributed by atoms with van der Waals surface area (Å²) >= 11 is 0. The Morgan fingerprint density at radius 1 is 1.41 bits per heavy atom. The molecule has 4 nitrogen and oxygen atoms in total. The van der Waals surface area contributed by atoms with Crippen molar-refractivity contribution in [2.45, 2.75) is 26.3 Å². The van der Waals surface area contributed by atoms with Crippen LogP contribution >= 0.6 is 0 Å². The van der Waals surface area contributed by atoms with Crippen LogP contribution in [0, 0.1) is 0 Å². The second-order valence-corrected chi connectivity index (χ2v) is 4.80. The summed E-state index contributed by atoms with van der Waals surface area (Å²) in [5, 5.41) is 3.40. The lowest BCUT2D eigenvalue weighted by Gasteiger charge is -2.31. The minimum atomic E-state index is -0.796. The highest BCUT2D eigenvalue weighted by atomic mass is 16.5. The quantitative estimate of drug-likeness (QED) is 0.782. The lowest BCUT2D eigenvalue weighted by molar-refractivity contribution is 0.211. The van der Waals surface area contributed by atoms with Gasteiger partial charge in [0.15, 0.2) is 0 Å². The zero-order valence-corrected chi connectivity index (χ0v) is 10.2. The normalized spacial score (nSPS) is 16.5. The van der Waals surface area contributed by atoms with Crippen LogP contribution in [0.15, 0.2) is 24.3 Å². The number of anilines is 1. The minimum Gasteiger partial charge on any atom is -0.410 e. The van der Waals surface area contributed by atoms with Gasteiger partial charge in [-0.3, -0.25) is 0 Å². The smallest absolute Gasteiger partial charge is 0.409 e. The van der Waals surface area contributed by atoms with Gasteiger partial charge >= 0.3 is 6.09 Å². The summed E-state index contributed by atoms with van der Waals surface area (Å²) in [6.07, 6.45) is 1.35. The van der Waals surface area contributed by atoms with Crippen molar-refractivity contribution >= 4 is 17.4 Å². The number of nitrogens with two attached hydrogens (primary N) is 1. The van der Waals surface area contributed by atoms with Crippen molar-refractivity contribution in [3.63, 3.8) is 0 Å². The van der Waals surface area contributed by atoms with Gasteiger partial charge in [-0.15, -0.1) is 0 Å². The number of hydrogen-bond donors (Lipinski definition) is 2. The van der Waals surface area contributed by atoms with Crippen LogP contribution in [0.25, 0.3) is 5.57 Å². The summed E-state index contributed by atoms with van der Waals surface area (Å²) in [7, 11) is 0. The Labute approximate surface area is 100 Å². The maximum Gasteiger partial charge on any atom is 0.409 e. The van der Waals surface area contributed by atoms with E-state index in [0.717, 1.165) is 16.8 Å². The van der Waals surface area contributed by atoms with Gasteiger partial charge in [0.1, 0.15) is 5.75 Å². The van der Waals surface area contributed by atoms with Crippen LogP contribution in [0.4, 0.5) is 10.5 Å². The molecule has 4 heteroatoms. The summed E-state index contributed by atoms with van der Waals surface area (Å²) in [6.45, 7) is 6.25. The van der Waals surface area contributed by atoms with Gasteiger partial charge in [0.25, 0.3) is 0 Å². The first-order valence-corrected chi connectivity index (χ1v) is 5.47. The number of primary amides is 1. The van der Waals surface area contributed by atoms with Crippen LogP contribution in [0.5, 0.6) is 5.75 Å². The largest absolute Gasteiger partial charge is 0.410 e. The molecule has 1 aromatic carbocycles. The molecule has 1 aromatic rings. The standard InChI is InChI=1S/C13H16N2O2/c1-8-7-13(2,3)15-11-5-4-9(6-10(8)11)17-12(14)16/h4-7,15H,1-3H3,(H2,14,16). The molecule has 1 heterocycles. The second-order valence-electron chi connectivity index (χ2n) is 4.80. The molecule has 90 valence electrons. The Balaban J connectivity index is 2.41. The Morgan fingerprint density at radius 3 is 2.76 bits per heavy atom. The monoisotopic (exact) mass is 232 g/mol. The number of carbonyl (C=O) groups excluding carboxylic acids is 1. The predicted molar refractivity (Wildman–Crippen MR) is 68.0 cm³/mol. The number of nitrogens with one attached hydrogen (secondary N) is 1. The third-order valence-electron chi connectivity index (χ3n) is 2.67. The number of amides is 1. The number of hydrogen-bond acceptors (Lipinski definition) is 3. The van der Waals surface area contributed by atoms with Gasteiger partial charge in [-0.2, -0.15) is 0 Å². The fourth-order valence-electron chi connectivity index (χ4n) is 2.14. The molecular formula is C13H16N2O2. The summed E-state index contributed by atoms with van der Waals surface area (Å²) in [5.74, 6) is 0.463. The van der Waals surface area contributed by atoms with Crippen LogP contribution < -0.4 is 15.8 Å². The Hall–Kier alpha value is -1.97. The molecule has 1 aliphatic heterocycles. The van der Waals surface area contributed by atoms with Crippen molar-refractivity contribution in [2.75, 3.05) is 5.32 Å². The van der Waals surface area contributed by atoms with Gasteiger partial charge in [-0.25, -0.2) is 4.79 Å². The highest BCUT2D eigenvalue weighted by Gasteiger charge is 2.22. The molecule has 0 atom stereocenters. The van der Waals surface area contributed by atoms with E-state index in [1.54, 1.807) is 6.07 Å². The molecule has 0 fully saturated rings. The van der Waals surface area contributed by atoms with Gasteiger partial charge in [-0.05, 0) is 44.5 Å². The number of rotatable bonds is 1. The van der Waals surface area contributed by atoms with Crippen molar-refractivity contribution in [1.82, 2.24) is 0 Å². The Morgan fingerprint density at radius 2 is 2.12 bits per heavy atom. The lowest BCUT2D eigenvalue weighted by Crippen LogP contribution is -2.31. The molecule has 3 N–H and O–H groups in total. The fourth-order valence-corrected chi connectivity index (χ4v) is 2.14. The molecule has 0 bridgehead atoms. The van der Waals surface area contributed by atoms with Crippen LogP contribution in [-0.4, -0.2) is 11.6 Å². The van der Waals surface area contributed by atoms with E-state index in [2.05, 4.69) is 25.2 Å². The highest BCUT2D eigenvalue weighted by molar-refractivity contribution is 5.81. The SMILES string of the molecule is CC1=CC(C)(C)Nc2ccc(OC(N)=O)cc21. The van der Waals surface area contributed by atoms with Gasteiger partial charge < -0.3 is 15.8 Å². The maximum absolute atomic E-state index is 10.7. The topological polar surface area (TPSA) is 64.3 Å². The number of allylic oxidation sites excluding steroid dienone is 1. The average Bonchev–Trinajstić information content (AvgIpc) is 2.16. The second kappa shape index (κ2) is 3.80. The van der Waals surface area contributed by atoms with Gasteiger partial charge in [0.05, 0.1) is 5.54 Å². The van der Waals surface area contributed by atoms with Crippen molar-refractivity contribution in [2.24, 2.45) is 5.73 Å². The van der Waals surface area contributed by atoms with E-state index in [1.807, 2.05) is 19.1 Å². The molecule has 0 saturated carbocycles. The third-order valence-corrected chi connectivity index (χ3v) is 2.67. The third kappa shape index (κ3) is 2.41. The summed E-state index contributed by atoms with van der Waals surface area (Å²) < 4.78 is 4.86. The first-order chi connectivity index (χ1) is 7.87. The lowest BCUT2D eigenvalue weighted by atomic mass is 9.91. The number of fused-ring (bicyclic) bond motifs is 1. The van der Waals surface area contributed by atoms with E-state index in [0.29, 0.717) is 5.75 Å². The first kappa shape index (κ1) is 11.5. The van der Waals surface area contributed by atoms with E-state index < -0.39 is 6.09 Å². The van der Waals surface area contributed by atoms with E-state index in [9.17, 15) is 4.79 Å². The van der Waals surface area contributed by atoms with Gasteiger partial charge in [0, 0.05) is 11.3 Å². The van der Waals surface area contributed by atoms with E-state index in [-0.39, 0.29) is 5.54 Å². The van der Waals surface area contributed by atoms with Crippen LogP contribution in [0.1, 0.15) is 26.3 Å². The molecule has 17 heavy (non-hydrogen) atoms. The van der Waals surface area contributed by atoms with Gasteiger partial charge in [0.2, 0.25) is 0 Å². The van der Waals surface area contributed by atoms with E-state index in [4.69, 9.17) is 10.5 Å². The van der Waals surface area contributed by atoms with Gasteiger partial charge in [-0.1, -0.05) is 6.08 Å². The molecule has 0 unspecified atom stereocenters. The molecule has 0 saturated heterocycles. The zero-order valence-electron chi connectivity index (χ0n) is 10.2. The number of benzene rings is 1. The zero-order chi connectivity index (χ0) is 12.6. The molecule has 1 amide bonds.